The van der Waals surface area contributed by atoms with Crippen molar-refractivity contribution in [3.05, 3.63) is 35.6 Å². The Labute approximate surface area is 213 Å². The van der Waals surface area contributed by atoms with Crippen LogP contribution in [0.2, 0.25) is 0 Å². The van der Waals surface area contributed by atoms with Crippen molar-refractivity contribution in [1.82, 2.24) is 25.0 Å². The number of halogens is 1. The number of aliphatic hydroxyl groups is 1. The molecule has 36 heavy (non-hydrogen) atoms. The monoisotopic (exact) mass is 514 g/mol. The number of benzene rings is 1. The van der Waals surface area contributed by atoms with E-state index in [1.165, 1.54) is 12.1 Å². The highest BCUT2D eigenvalue weighted by atomic mass is 32.2. The minimum absolute atomic E-state index is 0.0234. The van der Waals surface area contributed by atoms with Gasteiger partial charge >= 0.3 is 0 Å². The molecule has 1 aromatic carbocycles. The molecule has 9 nitrogen and oxygen atoms in total. The van der Waals surface area contributed by atoms with Gasteiger partial charge in [-0.2, -0.15) is 0 Å². The molecule has 3 aliphatic rings. The highest BCUT2D eigenvalue weighted by Gasteiger charge is 2.55. The van der Waals surface area contributed by atoms with Gasteiger partial charge in [0, 0.05) is 30.2 Å². The zero-order valence-corrected chi connectivity index (χ0v) is 21.4. The number of thioether (sulfide) groups is 1. The van der Waals surface area contributed by atoms with Crippen molar-refractivity contribution >= 4 is 28.7 Å². The first kappa shape index (κ1) is 24.0. The average molecular weight is 515 g/mol. The summed E-state index contributed by atoms with van der Waals surface area (Å²) in [6.07, 6.45) is 2.16. The van der Waals surface area contributed by atoms with E-state index in [-0.39, 0.29) is 42.6 Å². The molecule has 6 atom stereocenters. The van der Waals surface area contributed by atoms with Gasteiger partial charge in [-0.15, -0.1) is 5.10 Å². The maximum absolute atomic E-state index is 13.4. The van der Waals surface area contributed by atoms with Gasteiger partial charge in [-0.3, -0.25) is 0 Å². The summed E-state index contributed by atoms with van der Waals surface area (Å²) in [6.45, 7) is 5.94. The molecule has 3 aromatic rings. The van der Waals surface area contributed by atoms with Crippen molar-refractivity contribution in [2.45, 2.75) is 81.2 Å². The number of anilines is 1. The molecule has 6 unspecified atom stereocenters. The van der Waals surface area contributed by atoms with Crippen LogP contribution in [0, 0.1) is 11.7 Å². The van der Waals surface area contributed by atoms with Gasteiger partial charge in [0.15, 0.2) is 27.9 Å². The number of nitrogens with one attached hydrogen (secondary N) is 1. The Morgan fingerprint density at radius 3 is 2.69 bits per heavy atom. The highest BCUT2D eigenvalue weighted by Crippen LogP contribution is 2.48. The minimum atomic E-state index is -0.719. The topological polar surface area (TPSA) is 107 Å². The van der Waals surface area contributed by atoms with Crippen LogP contribution in [-0.2, 0) is 9.47 Å². The summed E-state index contributed by atoms with van der Waals surface area (Å²) in [5, 5.41) is 23.2. The van der Waals surface area contributed by atoms with Gasteiger partial charge in [0.05, 0.1) is 12.1 Å². The summed E-state index contributed by atoms with van der Waals surface area (Å²) < 4.78 is 27.6. The van der Waals surface area contributed by atoms with Crippen LogP contribution in [-0.4, -0.2) is 66.5 Å². The number of aliphatic hydroxyl groups excluding tert-OH is 1. The van der Waals surface area contributed by atoms with Gasteiger partial charge < -0.3 is 19.9 Å². The lowest BCUT2D eigenvalue weighted by Gasteiger charge is -2.23. The van der Waals surface area contributed by atoms with Gasteiger partial charge in [-0.05, 0) is 50.8 Å². The smallest absolute Gasteiger partial charge is 0.191 e. The zero-order chi connectivity index (χ0) is 25.0. The molecule has 1 saturated heterocycles. The van der Waals surface area contributed by atoms with Crippen molar-refractivity contribution in [2.75, 3.05) is 17.7 Å². The van der Waals surface area contributed by atoms with Crippen molar-refractivity contribution in [1.29, 1.82) is 0 Å². The first-order valence-electron chi connectivity index (χ1n) is 12.6. The second kappa shape index (κ2) is 9.20. The molecule has 2 saturated carbocycles. The predicted octanol–water partition coefficient (Wildman–Crippen LogP) is 3.90. The molecule has 3 fully saturated rings. The number of hydrogen-bond donors (Lipinski definition) is 2. The van der Waals surface area contributed by atoms with Crippen LogP contribution >= 0.6 is 11.8 Å². The first-order chi connectivity index (χ1) is 17.4. The Hall–Kier alpha value is -2.34. The van der Waals surface area contributed by atoms with E-state index in [9.17, 15) is 9.50 Å². The van der Waals surface area contributed by atoms with Crippen LogP contribution in [0.1, 0.15) is 57.6 Å². The third kappa shape index (κ3) is 4.36. The molecule has 1 aliphatic heterocycles. The number of rotatable bonds is 8. The maximum atomic E-state index is 13.4. The van der Waals surface area contributed by atoms with Crippen molar-refractivity contribution in [2.24, 2.45) is 5.92 Å². The minimum Gasteiger partial charge on any atom is -0.396 e. The predicted molar refractivity (Wildman–Crippen MR) is 133 cm³/mol. The van der Waals surface area contributed by atoms with E-state index in [2.05, 4.69) is 22.6 Å². The Bertz CT molecular complexity index is 1250. The molecule has 192 valence electrons. The van der Waals surface area contributed by atoms with Crippen molar-refractivity contribution in [3.8, 4) is 0 Å². The van der Waals surface area contributed by atoms with Crippen LogP contribution in [0.5, 0.6) is 0 Å². The molecule has 0 bridgehead atoms. The maximum Gasteiger partial charge on any atom is 0.191 e. The second-order valence-corrected chi connectivity index (χ2v) is 11.4. The van der Waals surface area contributed by atoms with Gasteiger partial charge in [0.1, 0.15) is 11.9 Å². The van der Waals surface area contributed by atoms with E-state index in [1.807, 2.05) is 30.7 Å². The average Bonchev–Trinajstić information content (AvgIpc) is 3.18. The van der Waals surface area contributed by atoms with E-state index in [0.29, 0.717) is 34.5 Å². The summed E-state index contributed by atoms with van der Waals surface area (Å²) in [5.74, 6) is 0.870. The summed E-state index contributed by atoms with van der Waals surface area (Å²) in [5.41, 5.74) is 2.37. The molecule has 0 radical (unpaired) electrons. The Morgan fingerprint density at radius 1 is 1.17 bits per heavy atom. The van der Waals surface area contributed by atoms with E-state index in [4.69, 9.17) is 19.4 Å². The van der Waals surface area contributed by atoms with E-state index < -0.39 is 5.79 Å². The third-order valence-corrected chi connectivity index (χ3v) is 8.30. The van der Waals surface area contributed by atoms with Crippen LogP contribution in [0.25, 0.3) is 11.2 Å². The molecule has 6 rings (SSSR count). The summed E-state index contributed by atoms with van der Waals surface area (Å²) in [4.78, 5) is 9.63. The molecule has 0 amide bonds. The molecule has 11 heteroatoms. The lowest BCUT2D eigenvalue weighted by molar-refractivity contribution is -0.162. The van der Waals surface area contributed by atoms with Gasteiger partial charge in [-0.25, -0.2) is 19.0 Å². The number of hydrogen-bond acceptors (Lipinski definition) is 9. The Balaban J connectivity index is 1.32. The van der Waals surface area contributed by atoms with Crippen molar-refractivity contribution < 1.29 is 19.0 Å². The summed E-state index contributed by atoms with van der Waals surface area (Å²) >= 11 is 1.61. The highest BCUT2D eigenvalue weighted by molar-refractivity contribution is 7.99. The third-order valence-electron chi connectivity index (χ3n) is 7.25. The second-order valence-electron chi connectivity index (χ2n) is 10.4. The number of ether oxygens (including phenoxy) is 2. The van der Waals surface area contributed by atoms with Gasteiger partial charge in [0.2, 0.25) is 0 Å². The fraction of sp³-hybridized carbons (Fsp3) is 0.600. The molecular formula is C25H31FN6O3S. The SMILES string of the molecule is CCCSc1nc(NC2CC2c2ccc(F)cc2)c2nnn(C3CC(CO)C4OC(C)(C)OC43)c2n1. The standard InChI is InChI=1S/C25H31FN6O3S/c1-4-9-36-24-28-22(27-17-11-16(17)13-5-7-15(26)8-6-13)19-23(29-24)32(31-30-19)18-10-14(12-33)20-21(18)35-25(2,3)34-20/h5-8,14,16-18,20-21,33H,4,9-12H2,1-3H3,(H,27,28,29). The Morgan fingerprint density at radius 2 is 1.94 bits per heavy atom. The van der Waals surface area contributed by atoms with E-state index in [0.717, 1.165) is 24.2 Å². The molecule has 2 aliphatic carbocycles. The molecular weight excluding hydrogens is 483 g/mol. The number of aromatic nitrogens is 5. The fourth-order valence-electron chi connectivity index (χ4n) is 5.48. The Kier molecular flexibility index (Phi) is 6.14. The lowest BCUT2D eigenvalue weighted by atomic mass is 10.1. The fourth-order valence-corrected chi connectivity index (χ4v) is 6.17. The molecule has 2 aromatic heterocycles. The summed E-state index contributed by atoms with van der Waals surface area (Å²) in [6, 6.07) is 6.72. The van der Waals surface area contributed by atoms with Crippen LogP contribution in [0.4, 0.5) is 10.2 Å². The van der Waals surface area contributed by atoms with Gasteiger partial charge in [0.25, 0.3) is 0 Å². The van der Waals surface area contributed by atoms with Crippen LogP contribution in [0.15, 0.2) is 29.4 Å². The summed E-state index contributed by atoms with van der Waals surface area (Å²) in [7, 11) is 0. The molecule has 2 N–H and O–H groups in total. The van der Waals surface area contributed by atoms with Crippen molar-refractivity contribution in [3.63, 3.8) is 0 Å². The van der Waals surface area contributed by atoms with Gasteiger partial charge in [-0.1, -0.05) is 36.0 Å². The molecule has 3 heterocycles. The largest absolute Gasteiger partial charge is 0.396 e. The van der Waals surface area contributed by atoms with E-state index >= 15 is 0 Å². The lowest BCUT2D eigenvalue weighted by Crippen LogP contribution is -2.28. The normalized spacial score (nSPS) is 30.6. The van der Waals surface area contributed by atoms with Crippen LogP contribution in [0.3, 0.4) is 0 Å². The number of fused-ring (bicyclic) bond motifs is 2. The van der Waals surface area contributed by atoms with E-state index in [1.54, 1.807) is 11.8 Å². The molecule has 0 spiro atoms. The number of nitrogens with zero attached hydrogens (tertiary/aromatic N) is 5. The quantitative estimate of drug-likeness (QED) is 0.342. The zero-order valence-electron chi connectivity index (χ0n) is 20.6. The van der Waals surface area contributed by atoms with Crippen LogP contribution < -0.4 is 5.32 Å². The first-order valence-corrected chi connectivity index (χ1v) is 13.6.